The fourth-order valence-electron chi connectivity index (χ4n) is 4.31. The molecule has 2 heterocycles. The zero-order chi connectivity index (χ0) is 15.4. The highest BCUT2D eigenvalue weighted by molar-refractivity contribution is 5.85. The monoisotopic (exact) mass is 338 g/mol. The zero-order valence-corrected chi connectivity index (χ0v) is 15.1. The predicted molar refractivity (Wildman–Crippen MR) is 98.2 cm³/mol. The maximum Gasteiger partial charge on any atom is 0.0471 e. The van der Waals surface area contributed by atoms with Crippen molar-refractivity contribution in [1.29, 1.82) is 0 Å². The van der Waals surface area contributed by atoms with Crippen molar-refractivity contribution in [3.63, 3.8) is 0 Å². The lowest BCUT2D eigenvalue weighted by atomic mass is 9.77. The number of rotatable bonds is 5. The summed E-state index contributed by atoms with van der Waals surface area (Å²) in [5, 5.41) is 0. The second-order valence-electron chi connectivity index (χ2n) is 7.17. The van der Waals surface area contributed by atoms with E-state index in [1.54, 1.807) is 0 Å². The summed E-state index contributed by atoms with van der Waals surface area (Å²) in [6.07, 6.45) is 3.68. The molecule has 1 aromatic rings. The van der Waals surface area contributed by atoms with E-state index in [1.165, 1.54) is 31.4 Å². The Balaban J connectivity index is 0.00000192. The van der Waals surface area contributed by atoms with Gasteiger partial charge in [0, 0.05) is 38.8 Å². The smallest absolute Gasteiger partial charge is 0.0471 e. The third-order valence-corrected chi connectivity index (χ3v) is 5.91. The molecule has 0 aromatic heterocycles. The van der Waals surface area contributed by atoms with Gasteiger partial charge >= 0.3 is 0 Å². The average molecular weight is 339 g/mol. The largest absolute Gasteiger partial charge is 0.381 e. The molecule has 2 atom stereocenters. The van der Waals surface area contributed by atoms with Gasteiger partial charge in [0.1, 0.15) is 0 Å². The second-order valence-corrected chi connectivity index (χ2v) is 7.17. The lowest BCUT2D eigenvalue weighted by Gasteiger charge is -2.39. The number of hydrogen-bond acceptors (Lipinski definition) is 3. The van der Waals surface area contributed by atoms with Crippen LogP contribution in [0, 0.1) is 11.3 Å². The molecule has 0 radical (unpaired) electrons. The number of ether oxygens (including phenoxy) is 1. The van der Waals surface area contributed by atoms with Crippen LogP contribution in [0.2, 0.25) is 0 Å². The molecule has 3 rings (SSSR count). The van der Waals surface area contributed by atoms with E-state index in [1.807, 2.05) is 0 Å². The first-order chi connectivity index (χ1) is 10.8. The molecule has 0 aliphatic carbocycles. The Bertz CT molecular complexity index is 462. The Morgan fingerprint density at radius 3 is 2.48 bits per heavy atom. The summed E-state index contributed by atoms with van der Waals surface area (Å²) < 4.78 is 5.59. The lowest BCUT2D eigenvalue weighted by molar-refractivity contribution is -0.00402. The first kappa shape index (κ1) is 18.7. The Hall–Kier alpha value is -0.610. The van der Waals surface area contributed by atoms with Gasteiger partial charge in [0.25, 0.3) is 0 Å². The molecule has 0 spiro atoms. The van der Waals surface area contributed by atoms with Gasteiger partial charge in [-0.05, 0) is 42.7 Å². The molecule has 0 amide bonds. The highest BCUT2D eigenvalue weighted by Gasteiger charge is 2.38. The Morgan fingerprint density at radius 1 is 1.17 bits per heavy atom. The van der Waals surface area contributed by atoms with Crippen molar-refractivity contribution in [3.05, 3.63) is 35.9 Å². The van der Waals surface area contributed by atoms with E-state index in [0.717, 1.165) is 32.8 Å². The SMILES string of the molecule is CCC1(CN2C[C@@H](CN)[C@H](c3ccccc3)C2)CCOCC1.Cl. The Kier molecular flexibility index (Phi) is 6.90. The number of nitrogens with zero attached hydrogens (tertiary/aromatic N) is 1. The van der Waals surface area contributed by atoms with E-state index >= 15 is 0 Å². The van der Waals surface area contributed by atoms with Gasteiger partial charge in [0.15, 0.2) is 0 Å². The first-order valence-corrected chi connectivity index (χ1v) is 8.81. The third-order valence-electron chi connectivity index (χ3n) is 5.91. The molecule has 2 saturated heterocycles. The van der Waals surface area contributed by atoms with Crippen LogP contribution < -0.4 is 5.73 Å². The maximum atomic E-state index is 6.08. The van der Waals surface area contributed by atoms with Crippen LogP contribution >= 0.6 is 12.4 Å². The molecule has 4 heteroatoms. The van der Waals surface area contributed by atoms with Crippen LogP contribution in [0.1, 0.15) is 37.7 Å². The average Bonchev–Trinajstić information content (AvgIpc) is 2.99. The van der Waals surface area contributed by atoms with Gasteiger partial charge in [-0.3, -0.25) is 0 Å². The molecule has 2 fully saturated rings. The molecule has 23 heavy (non-hydrogen) atoms. The summed E-state index contributed by atoms with van der Waals surface area (Å²) in [6, 6.07) is 10.9. The molecular formula is C19H31ClN2O. The van der Waals surface area contributed by atoms with E-state index < -0.39 is 0 Å². The minimum Gasteiger partial charge on any atom is -0.381 e. The highest BCUT2D eigenvalue weighted by atomic mass is 35.5. The van der Waals surface area contributed by atoms with Crippen molar-refractivity contribution in [3.8, 4) is 0 Å². The Labute approximate surface area is 147 Å². The van der Waals surface area contributed by atoms with E-state index in [0.29, 0.717) is 17.3 Å². The zero-order valence-electron chi connectivity index (χ0n) is 14.2. The van der Waals surface area contributed by atoms with E-state index in [9.17, 15) is 0 Å². The van der Waals surface area contributed by atoms with Gasteiger partial charge in [-0.1, -0.05) is 37.3 Å². The lowest BCUT2D eigenvalue weighted by Crippen LogP contribution is -2.40. The normalized spacial score (nSPS) is 27.6. The van der Waals surface area contributed by atoms with Crippen molar-refractivity contribution in [2.45, 2.75) is 32.1 Å². The van der Waals surface area contributed by atoms with Crippen molar-refractivity contribution in [2.75, 3.05) is 39.4 Å². The van der Waals surface area contributed by atoms with Gasteiger partial charge in [0.2, 0.25) is 0 Å². The van der Waals surface area contributed by atoms with E-state index in [-0.39, 0.29) is 12.4 Å². The molecule has 130 valence electrons. The molecular weight excluding hydrogens is 308 g/mol. The van der Waals surface area contributed by atoms with Crippen molar-refractivity contribution in [2.24, 2.45) is 17.1 Å². The maximum absolute atomic E-state index is 6.08. The minimum atomic E-state index is 0. The van der Waals surface area contributed by atoms with E-state index in [2.05, 4.69) is 42.2 Å². The summed E-state index contributed by atoms with van der Waals surface area (Å²) in [6.45, 7) is 8.53. The van der Waals surface area contributed by atoms with Crippen LogP contribution in [0.15, 0.2) is 30.3 Å². The fourth-order valence-corrected chi connectivity index (χ4v) is 4.31. The van der Waals surface area contributed by atoms with E-state index in [4.69, 9.17) is 10.5 Å². The third kappa shape index (κ3) is 4.27. The number of benzene rings is 1. The van der Waals surface area contributed by atoms with Crippen LogP contribution in [0.3, 0.4) is 0 Å². The predicted octanol–water partition coefficient (Wildman–Crippen LogP) is 3.29. The quantitative estimate of drug-likeness (QED) is 0.895. The van der Waals surface area contributed by atoms with Gasteiger partial charge in [-0.2, -0.15) is 0 Å². The molecule has 3 nitrogen and oxygen atoms in total. The molecule has 0 bridgehead atoms. The Morgan fingerprint density at radius 2 is 1.87 bits per heavy atom. The molecule has 0 saturated carbocycles. The van der Waals surface area contributed by atoms with Crippen molar-refractivity contribution in [1.82, 2.24) is 4.90 Å². The molecule has 2 N–H and O–H groups in total. The topological polar surface area (TPSA) is 38.5 Å². The summed E-state index contributed by atoms with van der Waals surface area (Å²) in [4.78, 5) is 2.67. The minimum absolute atomic E-state index is 0. The fraction of sp³-hybridized carbons (Fsp3) is 0.684. The second kappa shape index (κ2) is 8.48. The number of hydrogen-bond donors (Lipinski definition) is 1. The first-order valence-electron chi connectivity index (χ1n) is 8.81. The van der Waals surface area contributed by atoms with Gasteiger partial charge in [0.05, 0.1) is 0 Å². The van der Waals surface area contributed by atoms with Crippen LogP contribution in [0.5, 0.6) is 0 Å². The van der Waals surface area contributed by atoms with Crippen LogP contribution in [0.25, 0.3) is 0 Å². The highest BCUT2D eigenvalue weighted by Crippen LogP contribution is 2.39. The van der Waals surface area contributed by atoms with Gasteiger partial charge in [-0.25, -0.2) is 0 Å². The summed E-state index contributed by atoms with van der Waals surface area (Å²) in [7, 11) is 0. The summed E-state index contributed by atoms with van der Waals surface area (Å²) in [5.41, 5.74) is 7.99. The number of halogens is 1. The van der Waals surface area contributed by atoms with Gasteiger partial charge in [-0.15, -0.1) is 12.4 Å². The molecule has 2 aliphatic rings. The van der Waals surface area contributed by atoms with Crippen LogP contribution in [0.4, 0.5) is 0 Å². The van der Waals surface area contributed by atoms with Crippen molar-refractivity contribution < 1.29 is 4.74 Å². The molecule has 2 aliphatic heterocycles. The van der Waals surface area contributed by atoms with Crippen LogP contribution in [-0.2, 0) is 4.74 Å². The number of likely N-dealkylation sites (tertiary alicyclic amines) is 1. The molecule has 1 aromatic carbocycles. The van der Waals surface area contributed by atoms with Crippen molar-refractivity contribution >= 4 is 12.4 Å². The molecule has 0 unspecified atom stereocenters. The standard InChI is InChI=1S/C19H30N2O.ClH/c1-2-19(8-10-22-11-9-19)15-21-13-17(12-20)18(14-21)16-6-4-3-5-7-16;/h3-7,17-18H,2,8-15,20H2,1H3;1H/t17-,18+;/m1./s1. The van der Waals surface area contributed by atoms with Crippen LogP contribution in [-0.4, -0.2) is 44.3 Å². The number of nitrogens with two attached hydrogens (primary N) is 1. The summed E-state index contributed by atoms with van der Waals surface area (Å²) >= 11 is 0. The van der Waals surface area contributed by atoms with Gasteiger partial charge < -0.3 is 15.4 Å². The summed E-state index contributed by atoms with van der Waals surface area (Å²) in [5.74, 6) is 1.19.